The molecule has 0 atom stereocenters. The first-order valence-corrected chi connectivity index (χ1v) is 4.81. The van der Waals surface area contributed by atoms with Crippen LogP contribution >= 0.6 is 15.9 Å². The van der Waals surface area contributed by atoms with Crippen LogP contribution in [0, 0.1) is 5.92 Å². The molecule has 0 amide bonds. The van der Waals surface area contributed by atoms with E-state index < -0.39 is 5.63 Å². The van der Waals surface area contributed by atoms with Crippen molar-refractivity contribution in [3.8, 4) is 5.75 Å². The van der Waals surface area contributed by atoms with Crippen molar-refractivity contribution in [3.05, 3.63) is 26.7 Å². The molecule has 0 radical (unpaired) electrons. The van der Waals surface area contributed by atoms with Gasteiger partial charge in [-0.3, -0.25) is 0 Å². The summed E-state index contributed by atoms with van der Waals surface area (Å²) >= 11 is 2.92. The second kappa shape index (κ2) is 3.96. The molecule has 1 N–H and O–H groups in total. The Balaban J connectivity index is 3.06. The van der Waals surface area contributed by atoms with Gasteiger partial charge in [-0.1, -0.05) is 13.8 Å². The molecule has 13 heavy (non-hydrogen) atoms. The van der Waals surface area contributed by atoms with Crippen molar-refractivity contribution in [3.63, 3.8) is 0 Å². The lowest BCUT2D eigenvalue weighted by Gasteiger charge is -2.03. The van der Waals surface area contributed by atoms with Crippen molar-refractivity contribution in [2.24, 2.45) is 5.92 Å². The molecule has 0 aliphatic carbocycles. The Labute approximate surface area is 84.5 Å². The van der Waals surface area contributed by atoms with Crippen LogP contribution in [0.5, 0.6) is 5.75 Å². The fourth-order valence-corrected chi connectivity index (χ4v) is 1.21. The fraction of sp³-hybridized carbons (Fsp3) is 0.444. The van der Waals surface area contributed by atoms with Gasteiger partial charge in [0.2, 0.25) is 0 Å². The molecule has 3 nitrogen and oxygen atoms in total. The molecule has 0 aromatic carbocycles. The molecule has 1 aromatic heterocycles. The summed E-state index contributed by atoms with van der Waals surface area (Å²) in [6.45, 7) is 4.03. The standard InChI is InChI=1S/C9H11BrO3/c1-5(2)3-6-4-7(11)8(10)9(12)13-6/h4-5,11H,3H2,1-2H3. The summed E-state index contributed by atoms with van der Waals surface area (Å²) in [5.41, 5.74) is -0.532. The Morgan fingerprint density at radius 1 is 1.62 bits per heavy atom. The maximum Gasteiger partial charge on any atom is 0.354 e. The second-order valence-electron chi connectivity index (χ2n) is 3.30. The third kappa shape index (κ3) is 2.59. The van der Waals surface area contributed by atoms with E-state index in [4.69, 9.17) is 4.42 Å². The maximum absolute atomic E-state index is 11.1. The molecule has 0 fully saturated rings. The van der Waals surface area contributed by atoms with Gasteiger partial charge in [-0.15, -0.1) is 0 Å². The zero-order chi connectivity index (χ0) is 10.0. The highest BCUT2D eigenvalue weighted by Crippen LogP contribution is 2.21. The van der Waals surface area contributed by atoms with E-state index in [-0.39, 0.29) is 10.2 Å². The van der Waals surface area contributed by atoms with E-state index >= 15 is 0 Å². The smallest absolute Gasteiger partial charge is 0.354 e. The monoisotopic (exact) mass is 246 g/mol. The molecule has 72 valence electrons. The topological polar surface area (TPSA) is 50.4 Å². The lowest BCUT2D eigenvalue weighted by atomic mass is 10.1. The van der Waals surface area contributed by atoms with Crippen LogP contribution in [-0.2, 0) is 6.42 Å². The fourth-order valence-electron chi connectivity index (χ4n) is 1.02. The van der Waals surface area contributed by atoms with Gasteiger partial charge in [-0.2, -0.15) is 0 Å². The lowest BCUT2D eigenvalue weighted by Crippen LogP contribution is -2.04. The van der Waals surface area contributed by atoms with Crippen molar-refractivity contribution < 1.29 is 9.52 Å². The third-order valence-corrected chi connectivity index (χ3v) is 2.27. The van der Waals surface area contributed by atoms with Crippen LogP contribution in [0.2, 0.25) is 0 Å². The minimum atomic E-state index is -0.532. The zero-order valence-corrected chi connectivity index (χ0v) is 9.09. The Hall–Kier alpha value is -0.770. The van der Waals surface area contributed by atoms with Crippen LogP contribution in [0.4, 0.5) is 0 Å². The molecule has 0 aliphatic heterocycles. The SMILES string of the molecule is CC(C)Cc1cc(O)c(Br)c(=O)o1. The minimum absolute atomic E-state index is 0.0631. The Kier molecular flexibility index (Phi) is 3.14. The van der Waals surface area contributed by atoms with Crippen LogP contribution in [0.25, 0.3) is 0 Å². The van der Waals surface area contributed by atoms with Gasteiger partial charge >= 0.3 is 5.63 Å². The van der Waals surface area contributed by atoms with Crippen LogP contribution in [0.1, 0.15) is 19.6 Å². The molecule has 1 aromatic rings. The zero-order valence-electron chi connectivity index (χ0n) is 7.50. The molecule has 0 unspecified atom stereocenters. The summed E-state index contributed by atoms with van der Waals surface area (Å²) in [7, 11) is 0. The largest absolute Gasteiger partial charge is 0.506 e. The lowest BCUT2D eigenvalue weighted by molar-refractivity contribution is 0.403. The third-order valence-electron chi connectivity index (χ3n) is 1.54. The number of halogens is 1. The summed E-state index contributed by atoms with van der Waals surface area (Å²) in [4.78, 5) is 11.1. The number of aromatic hydroxyl groups is 1. The predicted octanol–water partition coefficient (Wildman–Crippen LogP) is 2.31. The summed E-state index contributed by atoms with van der Waals surface area (Å²) in [6.07, 6.45) is 0.649. The van der Waals surface area contributed by atoms with E-state index in [9.17, 15) is 9.90 Å². The van der Waals surface area contributed by atoms with Crippen molar-refractivity contribution in [1.82, 2.24) is 0 Å². The van der Waals surface area contributed by atoms with E-state index in [0.717, 1.165) is 0 Å². The van der Waals surface area contributed by atoms with Gasteiger partial charge in [-0.05, 0) is 21.8 Å². The van der Waals surface area contributed by atoms with E-state index in [2.05, 4.69) is 15.9 Å². The summed E-state index contributed by atoms with van der Waals surface area (Å²) in [5, 5.41) is 9.29. The van der Waals surface area contributed by atoms with Crippen LogP contribution in [0.3, 0.4) is 0 Å². The van der Waals surface area contributed by atoms with E-state index in [1.54, 1.807) is 0 Å². The van der Waals surface area contributed by atoms with Crippen molar-refractivity contribution in [2.75, 3.05) is 0 Å². The highest BCUT2D eigenvalue weighted by Gasteiger charge is 2.08. The molecule has 0 bridgehead atoms. The van der Waals surface area contributed by atoms with Crippen molar-refractivity contribution in [1.29, 1.82) is 0 Å². The van der Waals surface area contributed by atoms with Gasteiger partial charge in [0.1, 0.15) is 16.0 Å². The molecule has 0 spiro atoms. The predicted molar refractivity (Wildman–Crippen MR) is 52.9 cm³/mol. The van der Waals surface area contributed by atoms with Crippen LogP contribution in [-0.4, -0.2) is 5.11 Å². The molecule has 1 rings (SSSR count). The van der Waals surface area contributed by atoms with E-state index in [1.807, 2.05) is 13.8 Å². The Morgan fingerprint density at radius 3 is 2.69 bits per heavy atom. The average molecular weight is 247 g/mol. The van der Waals surface area contributed by atoms with Gasteiger partial charge in [0, 0.05) is 12.5 Å². The molecule has 0 aliphatic rings. The summed E-state index contributed by atoms with van der Waals surface area (Å²) in [6, 6.07) is 1.46. The normalized spacial score (nSPS) is 10.8. The van der Waals surface area contributed by atoms with Gasteiger partial charge in [0.15, 0.2) is 0 Å². The van der Waals surface area contributed by atoms with Gasteiger partial charge in [-0.25, -0.2) is 4.79 Å². The first-order chi connectivity index (χ1) is 6.00. The van der Waals surface area contributed by atoms with Crippen LogP contribution in [0.15, 0.2) is 19.8 Å². The number of rotatable bonds is 2. The number of hydrogen-bond donors (Lipinski definition) is 1. The highest BCUT2D eigenvalue weighted by atomic mass is 79.9. The van der Waals surface area contributed by atoms with Gasteiger partial charge in [0.25, 0.3) is 0 Å². The minimum Gasteiger partial charge on any atom is -0.506 e. The quantitative estimate of drug-likeness (QED) is 0.872. The average Bonchev–Trinajstić information content (AvgIpc) is 1.98. The molecule has 0 saturated heterocycles. The maximum atomic E-state index is 11.1. The first kappa shape index (κ1) is 10.3. The second-order valence-corrected chi connectivity index (χ2v) is 4.09. The molecular weight excluding hydrogens is 236 g/mol. The molecule has 0 saturated carbocycles. The Morgan fingerprint density at radius 2 is 2.23 bits per heavy atom. The summed E-state index contributed by atoms with van der Waals surface area (Å²) in [5.74, 6) is 0.844. The molecule has 1 heterocycles. The van der Waals surface area contributed by atoms with Crippen molar-refractivity contribution in [2.45, 2.75) is 20.3 Å². The first-order valence-electron chi connectivity index (χ1n) is 4.02. The highest BCUT2D eigenvalue weighted by molar-refractivity contribution is 9.10. The molecular formula is C9H11BrO3. The summed E-state index contributed by atoms with van der Waals surface area (Å²) < 4.78 is 5.02. The van der Waals surface area contributed by atoms with Crippen LogP contribution < -0.4 is 5.63 Å². The van der Waals surface area contributed by atoms with Gasteiger partial charge < -0.3 is 9.52 Å². The molecule has 4 heteroatoms. The number of hydrogen-bond acceptors (Lipinski definition) is 3. The van der Waals surface area contributed by atoms with Crippen molar-refractivity contribution >= 4 is 15.9 Å². The van der Waals surface area contributed by atoms with E-state index in [0.29, 0.717) is 18.1 Å². The van der Waals surface area contributed by atoms with E-state index in [1.165, 1.54) is 6.07 Å². The Bertz CT molecular complexity index is 354. The van der Waals surface area contributed by atoms with Gasteiger partial charge in [0.05, 0.1) is 0 Å².